The fourth-order valence-corrected chi connectivity index (χ4v) is 2.32. The second kappa shape index (κ2) is 5.13. The van der Waals surface area contributed by atoms with Crippen molar-refractivity contribution in [3.05, 3.63) is 59.9 Å². The van der Waals surface area contributed by atoms with Gasteiger partial charge >= 0.3 is 0 Å². The zero-order valence-corrected chi connectivity index (χ0v) is 10.7. The molecule has 1 aliphatic heterocycles. The van der Waals surface area contributed by atoms with E-state index in [0.717, 1.165) is 5.56 Å². The zero-order valence-electron chi connectivity index (χ0n) is 10.7. The summed E-state index contributed by atoms with van der Waals surface area (Å²) in [4.78, 5) is 27.7. The van der Waals surface area contributed by atoms with E-state index in [1.54, 1.807) is 30.6 Å². The van der Waals surface area contributed by atoms with Crippen molar-refractivity contribution < 1.29 is 9.59 Å². The maximum Gasteiger partial charge on any atom is 0.252 e. The summed E-state index contributed by atoms with van der Waals surface area (Å²) < 4.78 is 0. The molecule has 0 saturated heterocycles. The number of anilines is 1. The average Bonchev–Trinajstić information content (AvgIpc) is 2.77. The summed E-state index contributed by atoms with van der Waals surface area (Å²) in [5, 5.41) is 5.61. The monoisotopic (exact) mass is 267 g/mol. The van der Waals surface area contributed by atoms with E-state index in [1.165, 1.54) is 0 Å². The fourth-order valence-electron chi connectivity index (χ4n) is 2.32. The molecule has 0 unspecified atom stereocenters. The number of carbonyl (C=O) groups excluding carboxylic acids is 2. The summed E-state index contributed by atoms with van der Waals surface area (Å²) in [7, 11) is 0. The summed E-state index contributed by atoms with van der Waals surface area (Å²) in [6.45, 7) is 0. The summed E-state index contributed by atoms with van der Waals surface area (Å²) in [6.07, 6.45) is 3.44. The first kappa shape index (κ1) is 12.3. The molecule has 0 fully saturated rings. The average molecular weight is 267 g/mol. The molecule has 1 atom stereocenters. The standard InChI is InChI=1S/C15H13N3O2/c19-14(17-10-5-7-16-8-6-10)9-13-11-3-1-2-4-12(11)15(20)18-13/h1-8,13H,9H2,(H,18,20)(H,16,17,19)/t13-/m1/s1. The predicted octanol–water partition coefficient (Wildman–Crippen LogP) is 1.89. The highest BCUT2D eigenvalue weighted by molar-refractivity contribution is 6.00. The lowest BCUT2D eigenvalue weighted by molar-refractivity contribution is -0.116. The van der Waals surface area contributed by atoms with Crippen molar-refractivity contribution in [3.8, 4) is 0 Å². The molecular weight excluding hydrogens is 254 g/mol. The van der Waals surface area contributed by atoms with E-state index >= 15 is 0 Å². The number of hydrogen-bond donors (Lipinski definition) is 2. The Kier molecular flexibility index (Phi) is 3.16. The van der Waals surface area contributed by atoms with Crippen LogP contribution in [-0.2, 0) is 4.79 Å². The number of fused-ring (bicyclic) bond motifs is 1. The van der Waals surface area contributed by atoms with Crippen LogP contribution in [0.3, 0.4) is 0 Å². The second-order valence-corrected chi connectivity index (χ2v) is 4.60. The van der Waals surface area contributed by atoms with Gasteiger partial charge in [0.15, 0.2) is 0 Å². The third-order valence-electron chi connectivity index (χ3n) is 3.24. The van der Waals surface area contributed by atoms with Crippen molar-refractivity contribution in [2.75, 3.05) is 5.32 Å². The van der Waals surface area contributed by atoms with E-state index in [0.29, 0.717) is 11.3 Å². The number of hydrogen-bond acceptors (Lipinski definition) is 3. The third-order valence-corrected chi connectivity index (χ3v) is 3.24. The summed E-state index contributed by atoms with van der Waals surface area (Å²) in [5.74, 6) is -0.263. The Hall–Kier alpha value is -2.69. The van der Waals surface area contributed by atoms with Crippen LogP contribution in [0, 0.1) is 0 Å². The lowest BCUT2D eigenvalue weighted by Crippen LogP contribution is -2.24. The first-order valence-corrected chi connectivity index (χ1v) is 6.34. The highest BCUT2D eigenvalue weighted by Gasteiger charge is 2.29. The SMILES string of the molecule is O=C(C[C@H]1NC(=O)c2ccccc21)Nc1ccncc1. The summed E-state index contributed by atoms with van der Waals surface area (Å²) >= 11 is 0. The predicted molar refractivity (Wildman–Crippen MR) is 74.1 cm³/mol. The van der Waals surface area contributed by atoms with Crippen LogP contribution >= 0.6 is 0 Å². The van der Waals surface area contributed by atoms with Gasteiger partial charge in [-0.2, -0.15) is 0 Å². The smallest absolute Gasteiger partial charge is 0.252 e. The van der Waals surface area contributed by atoms with E-state index < -0.39 is 0 Å². The van der Waals surface area contributed by atoms with Crippen molar-refractivity contribution in [2.24, 2.45) is 0 Å². The first-order chi connectivity index (χ1) is 9.74. The number of amides is 2. The van der Waals surface area contributed by atoms with Gasteiger partial charge in [0.05, 0.1) is 12.5 Å². The van der Waals surface area contributed by atoms with E-state index in [9.17, 15) is 9.59 Å². The van der Waals surface area contributed by atoms with Crippen LogP contribution in [0.15, 0.2) is 48.8 Å². The summed E-state index contributed by atoms with van der Waals surface area (Å²) in [5.41, 5.74) is 2.22. The number of nitrogens with one attached hydrogen (secondary N) is 2. The maximum absolute atomic E-state index is 12.0. The van der Waals surface area contributed by atoms with Crippen molar-refractivity contribution in [2.45, 2.75) is 12.5 Å². The first-order valence-electron chi connectivity index (χ1n) is 6.34. The van der Waals surface area contributed by atoms with Gasteiger partial charge in [0, 0.05) is 23.6 Å². The van der Waals surface area contributed by atoms with Gasteiger partial charge in [-0.25, -0.2) is 0 Å². The number of carbonyl (C=O) groups is 2. The van der Waals surface area contributed by atoms with Gasteiger partial charge in [0.2, 0.25) is 5.91 Å². The molecular formula is C15H13N3O2. The molecule has 5 heteroatoms. The van der Waals surface area contributed by atoms with E-state index in [1.807, 2.05) is 18.2 Å². The largest absolute Gasteiger partial charge is 0.345 e. The highest BCUT2D eigenvalue weighted by atomic mass is 16.2. The molecule has 0 bridgehead atoms. The Bertz CT molecular complexity index is 655. The number of aromatic nitrogens is 1. The molecule has 20 heavy (non-hydrogen) atoms. The minimum Gasteiger partial charge on any atom is -0.345 e. The molecule has 100 valence electrons. The molecule has 1 aromatic carbocycles. The molecule has 0 radical (unpaired) electrons. The van der Waals surface area contributed by atoms with Crippen LogP contribution in [0.2, 0.25) is 0 Å². The number of pyridine rings is 1. The molecule has 2 heterocycles. The van der Waals surface area contributed by atoms with Gasteiger partial charge in [0.1, 0.15) is 0 Å². The van der Waals surface area contributed by atoms with Crippen molar-refractivity contribution in [1.82, 2.24) is 10.3 Å². The molecule has 0 spiro atoms. The van der Waals surface area contributed by atoms with Crippen LogP contribution in [-0.4, -0.2) is 16.8 Å². The van der Waals surface area contributed by atoms with Gasteiger partial charge in [-0.1, -0.05) is 18.2 Å². The Morgan fingerprint density at radius 1 is 1.20 bits per heavy atom. The third kappa shape index (κ3) is 2.38. The van der Waals surface area contributed by atoms with Crippen LogP contribution in [0.4, 0.5) is 5.69 Å². The molecule has 5 nitrogen and oxygen atoms in total. The number of rotatable bonds is 3. The minimum absolute atomic E-state index is 0.123. The molecule has 2 N–H and O–H groups in total. The van der Waals surface area contributed by atoms with Gasteiger partial charge < -0.3 is 10.6 Å². The molecule has 1 aromatic heterocycles. The van der Waals surface area contributed by atoms with Crippen molar-refractivity contribution >= 4 is 17.5 Å². The number of benzene rings is 1. The normalized spacial score (nSPS) is 16.4. The van der Waals surface area contributed by atoms with Gasteiger partial charge in [0.25, 0.3) is 5.91 Å². The van der Waals surface area contributed by atoms with Crippen LogP contribution in [0.25, 0.3) is 0 Å². The molecule has 2 amide bonds. The molecule has 2 aromatic rings. The minimum atomic E-state index is -0.263. The summed E-state index contributed by atoms with van der Waals surface area (Å²) in [6, 6.07) is 10.5. The van der Waals surface area contributed by atoms with Gasteiger partial charge in [-0.3, -0.25) is 14.6 Å². The Balaban J connectivity index is 1.70. The maximum atomic E-state index is 12.0. The van der Waals surface area contributed by atoms with Crippen LogP contribution in [0.5, 0.6) is 0 Å². The Labute approximate surface area is 116 Å². The topological polar surface area (TPSA) is 71.1 Å². The van der Waals surface area contributed by atoms with E-state index in [2.05, 4.69) is 15.6 Å². The molecule has 0 saturated carbocycles. The van der Waals surface area contributed by atoms with Gasteiger partial charge in [-0.15, -0.1) is 0 Å². The van der Waals surface area contributed by atoms with Crippen LogP contribution in [0.1, 0.15) is 28.4 Å². The molecule has 1 aliphatic rings. The van der Waals surface area contributed by atoms with E-state index in [-0.39, 0.29) is 24.3 Å². The van der Waals surface area contributed by atoms with Gasteiger partial charge in [-0.05, 0) is 23.8 Å². The van der Waals surface area contributed by atoms with Crippen LogP contribution < -0.4 is 10.6 Å². The molecule has 3 rings (SSSR count). The Morgan fingerprint density at radius 3 is 2.75 bits per heavy atom. The lowest BCUT2D eigenvalue weighted by Gasteiger charge is -2.11. The molecule has 0 aliphatic carbocycles. The highest BCUT2D eigenvalue weighted by Crippen LogP contribution is 2.27. The second-order valence-electron chi connectivity index (χ2n) is 4.60. The zero-order chi connectivity index (χ0) is 13.9. The number of nitrogens with zero attached hydrogens (tertiary/aromatic N) is 1. The lowest BCUT2D eigenvalue weighted by atomic mass is 10.0. The van der Waals surface area contributed by atoms with E-state index in [4.69, 9.17) is 0 Å². The fraction of sp³-hybridized carbons (Fsp3) is 0.133. The van der Waals surface area contributed by atoms with Crippen molar-refractivity contribution in [1.29, 1.82) is 0 Å². The Morgan fingerprint density at radius 2 is 1.95 bits per heavy atom. The quantitative estimate of drug-likeness (QED) is 0.892. The van der Waals surface area contributed by atoms with Crippen molar-refractivity contribution in [3.63, 3.8) is 0 Å².